The van der Waals surface area contributed by atoms with Gasteiger partial charge in [-0.25, -0.2) is 4.79 Å². The maximum atomic E-state index is 13.5. The SMILES string of the molecule is C=CC1(C(NC(=O)OC(C)(C)C)C(=O)N(C2CC2)C(C)C(N)=O)CCCC1. The number of primary amides is 1. The molecule has 0 radical (unpaired) electrons. The smallest absolute Gasteiger partial charge is 0.408 e. The Kier molecular flexibility index (Phi) is 6.22. The number of nitrogens with two attached hydrogens (primary N) is 1. The molecule has 0 aromatic rings. The van der Waals surface area contributed by atoms with Crippen LogP contribution in [0.5, 0.6) is 0 Å². The largest absolute Gasteiger partial charge is 0.444 e. The zero-order chi connectivity index (χ0) is 20.4. The second-order valence-electron chi connectivity index (χ2n) is 8.78. The minimum absolute atomic E-state index is 0.00814. The monoisotopic (exact) mass is 379 g/mol. The minimum Gasteiger partial charge on any atom is -0.444 e. The van der Waals surface area contributed by atoms with Gasteiger partial charge in [0.25, 0.3) is 0 Å². The summed E-state index contributed by atoms with van der Waals surface area (Å²) in [6.45, 7) is 10.9. The zero-order valence-electron chi connectivity index (χ0n) is 16.9. The van der Waals surface area contributed by atoms with Gasteiger partial charge in [-0.15, -0.1) is 6.58 Å². The summed E-state index contributed by atoms with van der Waals surface area (Å²) in [7, 11) is 0. The van der Waals surface area contributed by atoms with Crippen LogP contribution in [0.3, 0.4) is 0 Å². The third kappa shape index (κ3) is 5.02. The maximum absolute atomic E-state index is 13.5. The Bertz CT molecular complexity index is 601. The van der Waals surface area contributed by atoms with Gasteiger partial charge in [-0.05, 0) is 53.4 Å². The molecule has 7 heteroatoms. The standard InChI is InChI=1S/C20H33N3O4/c1-6-20(11-7-8-12-20)15(22-18(26)27-19(3,4)5)17(25)23(14-9-10-14)13(2)16(21)24/h6,13-15H,1,7-12H2,2-5H3,(H2,21,24)(H,22,26). The number of hydrogen-bond acceptors (Lipinski definition) is 4. The van der Waals surface area contributed by atoms with E-state index in [0.29, 0.717) is 0 Å². The summed E-state index contributed by atoms with van der Waals surface area (Å²) >= 11 is 0. The Morgan fingerprint density at radius 1 is 1.26 bits per heavy atom. The highest BCUT2D eigenvalue weighted by Gasteiger charge is 2.49. The molecular formula is C20H33N3O4. The van der Waals surface area contributed by atoms with Crippen molar-refractivity contribution >= 4 is 17.9 Å². The van der Waals surface area contributed by atoms with Crippen LogP contribution in [0.15, 0.2) is 12.7 Å². The van der Waals surface area contributed by atoms with Gasteiger partial charge in [-0.1, -0.05) is 18.9 Å². The summed E-state index contributed by atoms with van der Waals surface area (Å²) < 4.78 is 5.38. The van der Waals surface area contributed by atoms with E-state index in [1.54, 1.807) is 38.7 Å². The van der Waals surface area contributed by atoms with Crippen LogP contribution in [0.25, 0.3) is 0 Å². The lowest BCUT2D eigenvalue weighted by Gasteiger charge is -2.39. The molecule has 2 aliphatic rings. The Balaban J connectivity index is 2.32. The molecule has 0 aromatic carbocycles. The first kappa shape index (κ1) is 21.3. The molecule has 0 bridgehead atoms. The number of carbonyl (C=O) groups is 3. The fourth-order valence-corrected chi connectivity index (χ4v) is 3.85. The molecule has 0 aromatic heterocycles. The van der Waals surface area contributed by atoms with Crippen LogP contribution in [0.2, 0.25) is 0 Å². The molecular weight excluding hydrogens is 346 g/mol. The Labute approximate surface area is 161 Å². The van der Waals surface area contributed by atoms with E-state index in [9.17, 15) is 14.4 Å². The molecule has 3 amide bonds. The van der Waals surface area contributed by atoms with Crippen molar-refractivity contribution in [2.75, 3.05) is 0 Å². The number of nitrogens with one attached hydrogen (secondary N) is 1. The quantitative estimate of drug-likeness (QED) is 0.664. The average Bonchev–Trinajstić information content (AvgIpc) is 3.26. The van der Waals surface area contributed by atoms with Gasteiger partial charge in [-0.3, -0.25) is 9.59 Å². The van der Waals surface area contributed by atoms with Crippen molar-refractivity contribution in [3.63, 3.8) is 0 Å². The molecule has 0 saturated heterocycles. The first-order valence-electron chi connectivity index (χ1n) is 9.75. The summed E-state index contributed by atoms with van der Waals surface area (Å²) in [5.41, 5.74) is 4.26. The van der Waals surface area contributed by atoms with Crippen molar-refractivity contribution in [2.24, 2.45) is 11.1 Å². The summed E-state index contributed by atoms with van der Waals surface area (Å²) in [6.07, 6.45) is 6.24. The van der Waals surface area contributed by atoms with Crippen LogP contribution < -0.4 is 11.1 Å². The molecule has 2 saturated carbocycles. The van der Waals surface area contributed by atoms with Crippen molar-refractivity contribution < 1.29 is 19.1 Å². The number of alkyl carbamates (subject to hydrolysis) is 1. The van der Waals surface area contributed by atoms with Gasteiger partial charge in [0, 0.05) is 11.5 Å². The molecule has 2 aliphatic carbocycles. The highest BCUT2D eigenvalue weighted by molar-refractivity contribution is 5.92. The fourth-order valence-electron chi connectivity index (χ4n) is 3.85. The van der Waals surface area contributed by atoms with Gasteiger partial charge in [0.2, 0.25) is 11.8 Å². The van der Waals surface area contributed by atoms with Crippen LogP contribution in [0.4, 0.5) is 4.79 Å². The molecule has 2 fully saturated rings. The molecule has 152 valence electrons. The molecule has 0 aliphatic heterocycles. The molecule has 7 nitrogen and oxygen atoms in total. The van der Waals surface area contributed by atoms with E-state index in [0.717, 1.165) is 38.5 Å². The van der Waals surface area contributed by atoms with Gasteiger partial charge < -0.3 is 20.7 Å². The fraction of sp³-hybridized carbons (Fsp3) is 0.750. The highest BCUT2D eigenvalue weighted by atomic mass is 16.6. The van der Waals surface area contributed by atoms with E-state index in [2.05, 4.69) is 11.9 Å². The van der Waals surface area contributed by atoms with Crippen molar-refractivity contribution in [1.29, 1.82) is 0 Å². The third-order valence-electron chi connectivity index (χ3n) is 5.45. The van der Waals surface area contributed by atoms with E-state index < -0.39 is 35.1 Å². The van der Waals surface area contributed by atoms with Gasteiger partial charge in [0.1, 0.15) is 17.7 Å². The second kappa shape index (κ2) is 7.90. The predicted octanol–water partition coefficient (Wildman–Crippen LogP) is 2.49. The van der Waals surface area contributed by atoms with Gasteiger partial charge in [0.15, 0.2) is 0 Å². The van der Waals surface area contributed by atoms with E-state index in [4.69, 9.17) is 10.5 Å². The second-order valence-corrected chi connectivity index (χ2v) is 8.78. The number of nitrogens with zero attached hydrogens (tertiary/aromatic N) is 1. The lowest BCUT2D eigenvalue weighted by atomic mass is 9.77. The summed E-state index contributed by atoms with van der Waals surface area (Å²) in [4.78, 5) is 39.3. The minimum atomic E-state index is -0.824. The molecule has 3 N–H and O–H groups in total. The average molecular weight is 380 g/mol. The van der Waals surface area contributed by atoms with Crippen LogP contribution >= 0.6 is 0 Å². The molecule has 2 rings (SSSR count). The van der Waals surface area contributed by atoms with E-state index in [1.165, 1.54) is 0 Å². The topological polar surface area (TPSA) is 102 Å². The molecule has 27 heavy (non-hydrogen) atoms. The van der Waals surface area contributed by atoms with Crippen molar-refractivity contribution in [2.45, 2.75) is 89.9 Å². The van der Waals surface area contributed by atoms with E-state index >= 15 is 0 Å². The van der Waals surface area contributed by atoms with Crippen LogP contribution in [0, 0.1) is 5.41 Å². The summed E-state index contributed by atoms with van der Waals surface area (Å²) in [5, 5.41) is 2.79. The molecule has 2 unspecified atom stereocenters. The number of ether oxygens (including phenoxy) is 1. The Hall–Kier alpha value is -2.05. The van der Waals surface area contributed by atoms with Crippen molar-refractivity contribution in [1.82, 2.24) is 10.2 Å². The summed E-state index contributed by atoms with van der Waals surface area (Å²) in [5.74, 6) is -0.832. The van der Waals surface area contributed by atoms with Crippen molar-refractivity contribution in [3.05, 3.63) is 12.7 Å². The molecule has 2 atom stereocenters. The van der Waals surface area contributed by atoms with Crippen LogP contribution in [-0.4, -0.2) is 46.5 Å². The highest BCUT2D eigenvalue weighted by Crippen LogP contribution is 2.44. The predicted molar refractivity (Wildman–Crippen MR) is 103 cm³/mol. The molecule has 0 spiro atoms. The number of amides is 3. The summed E-state index contributed by atoms with van der Waals surface area (Å²) in [6, 6.07) is -1.56. The van der Waals surface area contributed by atoms with Gasteiger partial charge in [0.05, 0.1) is 0 Å². The van der Waals surface area contributed by atoms with Gasteiger partial charge >= 0.3 is 6.09 Å². The van der Waals surface area contributed by atoms with Crippen LogP contribution in [-0.2, 0) is 14.3 Å². The first-order valence-corrected chi connectivity index (χ1v) is 9.75. The lowest BCUT2D eigenvalue weighted by Crippen LogP contribution is -2.60. The van der Waals surface area contributed by atoms with Crippen molar-refractivity contribution in [3.8, 4) is 0 Å². The number of carbonyl (C=O) groups excluding carboxylic acids is 3. The van der Waals surface area contributed by atoms with E-state index in [1.807, 2.05) is 0 Å². The zero-order valence-corrected chi connectivity index (χ0v) is 16.9. The van der Waals surface area contributed by atoms with Gasteiger partial charge in [-0.2, -0.15) is 0 Å². The first-order chi connectivity index (χ1) is 12.5. The number of hydrogen-bond donors (Lipinski definition) is 2. The number of rotatable bonds is 7. The Morgan fingerprint density at radius 3 is 2.22 bits per heavy atom. The van der Waals surface area contributed by atoms with Crippen LogP contribution in [0.1, 0.15) is 66.2 Å². The Morgan fingerprint density at radius 2 is 1.81 bits per heavy atom. The van der Waals surface area contributed by atoms with E-state index in [-0.39, 0.29) is 11.9 Å². The third-order valence-corrected chi connectivity index (χ3v) is 5.45. The molecule has 0 heterocycles. The maximum Gasteiger partial charge on any atom is 0.408 e. The normalized spacial score (nSPS) is 21.0. The lowest BCUT2D eigenvalue weighted by molar-refractivity contribution is -0.143.